The molecule has 2 nitrogen and oxygen atoms in total. The molecule has 0 heterocycles. The van der Waals surface area contributed by atoms with Crippen LogP contribution in [-0.2, 0) is 4.79 Å². The van der Waals surface area contributed by atoms with Crippen molar-refractivity contribution in [3.63, 3.8) is 0 Å². The van der Waals surface area contributed by atoms with Crippen molar-refractivity contribution in [3.8, 4) is 16.9 Å². The van der Waals surface area contributed by atoms with Crippen LogP contribution in [0.25, 0.3) is 17.2 Å². The fourth-order valence-electron chi connectivity index (χ4n) is 2.28. The molecule has 3 aromatic carbocycles. The van der Waals surface area contributed by atoms with E-state index in [0.717, 1.165) is 16.7 Å². The summed E-state index contributed by atoms with van der Waals surface area (Å²) in [5.74, 6) is 0.165. The molecule has 0 atom stereocenters. The van der Waals surface area contributed by atoms with Crippen molar-refractivity contribution in [2.75, 3.05) is 0 Å². The van der Waals surface area contributed by atoms with E-state index in [9.17, 15) is 4.79 Å². The second-order valence-electron chi connectivity index (χ2n) is 5.03. The molecule has 0 radical (unpaired) electrons. The molecule has 2 heteroatoms. The number of ether oxygens (including phenoxy) is 1. The molecule has 3 aromatic rings. The van der Waals surface area contributed by atoms with Crippen LogP contribution in [0.5, 0.6) is 5.75 Å². The highest BCUT2D eigenvalue weighted by Crippen LogP contribution is 2.29. The molecule has 0 N–H and O–H groups in total. The van der Waals surface area contributed by atoms with E-state index in [-0.39, 0.29) is 0 Å². The van der Waals surface area contributed by atoms with Gasteiger partial charge >= 0.3 is 5.97 Å². The molecule has 0 aliphatic rings. The van der Waals surface area contributed by atoms with Gasteiger partial charge in [-0.15, -0.1) is 0 Å². The number of benzene rings is 3. The van der Waals surface area contributed by atoms with Gasteiger partial charge in [0.25, 0.3) is 0 Å². The van der Waals surface area contributed by atoms with Gasteiger partial charge in [-0.2, -0.15) is 0 Å². The second kappa shape index (κ2) is 7.23. The number of hydrogen-bond acceptors (Lipinski definition) is 2. The molecule has 0 aromatic heterocycles. The highest BCUT2D eigenvalue weighted by Gasteiger charge is 2.08. The van der Waals surface area contributed by atoms with Crippen molar-refractivity contribution in [3.05, 3.63) is 96.6 Å². The van der Waals surface area contributed by atoms with Gasteiger partial charge in [-0.05, 0) is 23.3 Å². The third-order valence-electron chi connectivity index (χ3n) is 3.39. The predicted molar refractivity (Wildman–Crippen MR) is 93.0 cm³/mol. The number of hydrogen-bond donors (Lipinski definition) is 0. The van der Waals surface area contributed by atoms with Crippen molar-refractivity contribution >= 4 is 12.0 Å². The smallest absolute Gasteiger partial charge is 0.336 e. The third kappa shape index (κ3) is 3.95. The van der Waals surface area contributed by atoms with Crippen LogP contribution >= 0.6 is 0 Å². The van der Waals surface area contributed by atoms with Crippen molar-refractivity contribution < 1.29 is 9.53 Å². The normalized spacial score (nSPS) is 10.6. The summed E-state index contributed by atoms with van der Waals surface area (Å²) in [5, 5.41) is 0. The maximum absolute atomic E-state index is 12.1. The fourth-order valence-corrected chi connectivity index (χ4v) is 2.28. The molecule has 112 valence electrons. The van der Waals surface area contributed by atoms with Gasteiger partial charge in [0, 0.05) is 11.6 Å². The summed E-state index contributed by atoms with van der Waals surface area (Å²) in [5.41, 5.74) is 2.87. The highest BCUT2D eigenvalue weighted by molar-refractivity contribution is 5.90. The standard InChI is InChI=1S/C21H16O2/c22-21(16-15-17-9-3-1-4-10-17)23-20-14-8-7-13-19(20)18-11-5-2-6-12-18/h1-16H/b16-15+. The van der Waals surface area contributed by atoms with Gasteiger partial charge in [-0.25, -0.2) is 4.79 Å². The van der Waals surface area contributed by atoms with Crippen molar-refractivity contribution in [2.45, 2.75) is 0 Å². The van der Waals surface area contributed by atoms with Crippen LogP contribution in [0.4, 0.5) is 0 Å². The first-order chi connectivity index (χ1) is 11.3. The van der Waals surface area contributed by atoms with Crippen LogP contribution in [0.2, 0.25) is 0 Å². The van der Waals surface area contributed by atoms with Crippen molar-refractivity contribution in [1.29, 1.82) is 0 Å². The Morgan fingerprint density at radius 3 is 2.09 bits per heavy atom. The van der Waals surface area contributed by atoms with Crippen LogP contribution in [-0.4, -0.2) is 5.97 Å². The largest absolute Gasteiger partial charge is 0.423 e. The average molecular weight is 300 g/mol. The van der Waals surface area contributed by atoms with E-state index >= 15 is 0 Å². The maximum atomic E-state index is 12.1. The molecule has 0 bridgehead atoms. The monoisotopic (exact) mass is 300 g/mol. The maximum Gasteiger partial charge on any atom is 0.336 e. The number of para-hydroxylation sites is 1. The summed E-state index contributed by atoms with van der Waals surface area (Å²) in [7, 11) is 0. The molecule has 0 unspecified atom stereocenters. The molecule has 0 aliphatic carbocycles. The number of carbonyl (C=O) groups is 1. The molecule has 0 saturated heterocycles. The van der Waals surface area contributed by atoms with Crippen LogP contribution in [0.3, 0.4) is 0 Å². The number of rotatable bonds is 4. The Morgan fingerprint density at radius 1 is 0.739 bits per heavy atom. The van der Waals surface area contributed by atoms with Crippen molar-refractivity contribution in [2.24, 2.45) is 0 Å². The van der Waals surface area contributed by atoms with Gasteiger partial charge in [-0.3, -0.25) is 0 Å². The second-order valence-corrected chi connectivity index (χ2v) is 5.03. The number of carbonyl (C=O) groups excluding carboxylic acids is 1. The predicted octanol–water partition coefficient (Wildman–Crippen LogP) is 4.97. The van der Waals surface area contributed by atoms with E-state index in [1.165, 1.54) is 6.08 Å². The molecule has 23 heavy (non-hydrogen) atoms. The summed E-state index contributed by atoms with van der Waals surface area (Å²) < 4.78 is 5.50. The molecular formula is C21H16O2. The first-order valence-electron chi connectivity index (χ1n) is 7.42. The van der Waals surface area contributed by atoms with Gasteiger partial charge in [0.05, 0.1) is 0 Å². The fraction of sp³-hybridized carbons (Fsp3) is 0. The zero-order valence-electron chi connectivity index (χ0n) is 12.6. The van der Waals surface area contributed by atoms with E-state index in [1.807, 2.05) is 78.9 Å². The Kier molecular flexibility index (Phi) is 4.65. The summed E-state index contributed by atoms with van der Waals surface area (Å²) in [6.45, 7) is 0. The first kappa shape index (κ1) is 14.8. The molecule has 0 amide bonds. The lowest BCUT2D eigenvalue weighted by molar-refractivity contribution is -0.128. The average Bonchev–Trinajstić information content (AvgIpc) is 2.62. The van der Waals surface area contributed by atoms with Crippen molar-refractivity contribution in [1.82, 2.24) is 0 Å². The van der Waals surface area contributed by atoms with Crippen LogP contribution in [0.15, 0.2) is 91.0 Å². The summed E-state index contributed by atoms with van der Waals surface area (Å²) in [6, 6.07) is 27.1. The summed E-state index contributed by atoms with van der Waals surface area (Å²) in [4.78, 5) is 12.1. The van der Waals surface area contributed by atoms with Gasteiger partial charge in [0.15, 0.2) is 0 Å². The lowest BCUT2D eigenvalue weighted by Gasteiger charge is -2.08. The minimum atomic E-state index is -0.391. The van der Waals surface area contributed by atoms with Gasteiger partial charge in [0.2, 0.25) is 0 Å². The zero-order valence-corrected chi connectivity index (χ0v) is 12.6. The Labute approximate surface area is 135 Å². The molecular weight excluding hydrogens is 284 g/mol. The van der Waals surface area contributed by atoms with E-state index in [1.54, 1.807) is 12.1 Å². The van der Waals surface area contributed by atoms with E-state index in [0.29, 0.717) is 5.75 Å². The molecule has 0 spiro atoms. The van der Waals surface area contributed by atoms with Crippen LogP contribution in [0.1, 0.15) is 5.56 Å². The minimum Gasteiger partial charge on any atom is -0.423 e. The molecule has 0 aliphatic heterocycles. The Balaban J connectivity index is 1.78. The summed E-state index contributed by atoms with van der Waals surface area (Å²) >= 11 is 0. The third-order valence-corrected chi connectivity index (χ3v) is 3.39. The highest BCUT2D eigenvalue weighted by atomic mass is 16.5. The van der Waals surface area contributed by atoms with E-state index < -0.39 is 5.97 Å². The van der Waals surface area contributed by atoms with E-state index in [4.69, 9.17) is 4.74 Å². The lowest BCUT2D eigenvalue weighted by Crippen LogP contribution is -2.04. The first-order valence-corrected chi connectivity index (χ1v) is 7.42. The Bertz CT molecular complexity index is 806. The molecule has 0 fully saturated rings. The lowest BCUT2D eigenvalue weighted by atomic mass is 10.1. The molecule has 3 rings (SSSR count). The topological polar surface area (TPSA) is 26.3 Å². The zero-order chi connectivity index (χ0) is 15.9. The Morgan fingerprint density at radius 2 is 1.35 bits per heavy atom. The number of esters is 1. The minimum absolute atomic E-state index is 0.391. The summed E-state index contributed by atoms with van der Waals surface area (Å²) in [6.07, 6.45) is 3.19. The van der Waals surface area contributed by atoms with Crippen LogP contribution in [0, 0.1) is 0 Å². The van der Waals surface area contributed by atoms with Gasteiger partial charge < -0.3 is 4.74 Å². The van der Waals surface area contributed by atoms with Crippen LogP contribution < -0.4 is 4.74 Å². The Hall–Kier alpha value is -3.13. The quantitative estimate of drug-likeness (QED) is 0.386. The SMILES string of the molecule is O=C(/C=C/c1ccccc1)Oc1ccccc1-c1ccccc1. The van der Waals surface area contributed by atoms with E-state index in [2.05, 4.69) is 0 Å². The van der Waals surface area contributed by atoms with Gasteiger partial charge in [0.1, 0.15) is 5.75 Å². The van der Waals surface area contributed by atoms with Gasteiger partial charge in [-0.1, -0.05) is 78.9 Å². The molecule has 0 saturated carbocycles.